The number of ether oxygens (including phenoxy) is 1. The molecule has 31 heavy (non-hydrogen) atoms. The first-order valence-corrected chi connectivity index (χ1v) is 12.2. The summed E-state index contributed by atoms with van der Waals surface area (Å²) in [7, 11) is -1.57. The van der Waals surface area contributed by atoms with Crippen LogP contribution in [0.4, 0.5) is 0 Å². The van der Waals surface area contributed by atoms with E-state index < -0.39 is 9.84 Å². The summed E-state index contributed by atoms with van der Waals surface area (Å²) >= 11 is 0. The summed E-state index contributed by atoms with van der Waals surface area (Å²) < 4.78 is 35.6. The molecular formula is C24H27NO5S. The normalized spacial score (nSPS) is 17.7. The maximum atomic E-state index is 13.7. The summed E-state index contributed by atoms with van der Waals surface area (Å²) in [5, 5.41) is 0.909. The zero-order chi connectivity index (χ0) is 22.3. The molecule has 1 aromatic heterocycles. The number of benzene rings is 2. The number of furan rings is 1. The monoisotopic (exact) mass is 441 g/mol. The summed E-state index contributed by atoms with van der Waals surface area (Å²) in [4.78, 5) is 15.3. The summed E-state index contributed by atoms with van der Waals surface area (Å²) in [5.41, 5.74) is 4.54. The Morgan fingerprint density at radius 2 is 1.90 bits per heavy atom. The third-order valence-electron chi connectivity index (χ3n) is 6.14. The van der Waals surface area contributed by atoms with Gasteiger partial charge < -0.3 is 14.1 Å². The molecule has 1 atom stereocenters. The number of fused-ring (bicyclic) bond motifs is 1. The van der Waals surface area contributed by atoms with Crippen molar-refractivity contribution in [3.05, 3.63) is 64.4 Å². The molecule has 1 saturated heterocycles. The maximum Gasteiger partial charge on any atom is 0.290 e. The van der Waals surface area contributed by atoms with Crippen LogP contribution in [0.1, 0.15) is 39.2 Å². The fourth-order valence-electron chi connectivity index (χ4n) is 4.17. The van der Waals surface area contributed by atoms with Crippen LogP contribution in [0.2, 0.25) is 0 Å². The Hall–Kier alpha value is -2.80. The number of methoxy groups -OCH3 is 1. The van der Waals surface area contributed by atoms with Crippen LogP contribution in [0.25, 0.3) is 11.0 Å². The van der Waals surface area contributed by atoms with Crippen molar-refractivity contribution in [3.63, 3.8) is 0 Å². The van der Waals surface area contributed by atoms with Gasteiger partial charge >= 0.3 is 0 Å². The third-order valence-corrected chi connectivity index (χ3v) is 7.89. The highest BCUT2D eigenvalue weighted by Gasteiger charge is 2.36. The van der Waals surface area contributed by atoms with Gasteiger partial charge in [0.25, 0.3) is 5.91 Å². The van der Waals surface area contributed by atoms with Crippen LogP contribution in [-0.2, 0) is 16.4 Å². The Kier molecular flexibility index (Phi) is 5.56. The number of amides is 1. The van der Waals surface area contributed by atoms with Crippen LogP contribution < -0.4 is 4.74 Å². The molecule has 0 bridgehead atoms. The number of nitrogens with zero attached hydrogens (tertiary/aromatic N) is 1. The minimum absolute atomic E-state index is 0.0276. The molecule has 1 aliphatic heterocycles. The molecule has 164 valence electrons. The second-order valence-electron chi connectivity index (χ2n) is 8.33. The predicted octanol–water partition coefficient (Wildman–Crippen LogP) is 4.20. The fourth-order valence-corrected chi connectivity index (χ4v) is 5.90. The first kappa shape index (κ1) is 21.4. The van der Waals surface area contributed by atoms with Gasteiger partial charge in [-0.05, 0) is 68.1 Å². The average molecular weight is 442 g/mol. The molecule has 1 fully saturated rings. The van der Waals surface area contributed by atoms with E-state index >= 15 is 0 Å². The highest BCUT2D eigenvalue weighted by molar-refractivity contribution is 7.91. The molecule has 0 saturated carbocycles. The lowest BCUT2D eigenvalue weighted by atomic mass is 10.0. The van der Waals surface area contributed by atoms with Crippen molar-refractivity contribution >= 4 is 26.7 Å². The Morgan fingerprint density at radius 1 is 1.16 bits per heavy atom. The summed E-state index contributed by atoms with van der Waals surface area (Å²) in [6, 6.07) is 11.1. The van der Waals surface area contributed by atoms with E-state index in [-0.39, 0.29) is 35.8 Å². The van der Waals surface area contributed by atoms with E-state index in [2.05, 4.69) is 0 Å². The number of sulfone groups is 1. The van der Waals surface area contributed by atoms with Crippen molar-refractivity contribution in [2.45, 2.75) is 39.8 Å². The van der Waals surface area contributed by atoms with Gasteiger partial charge in [-0.25, -0.2) is 8.42 Å². The van der Waals surface area contributed by atoms with Crippen LogP contribution in [0.15, 0.2) is 40.8 Å². The second-order valence-corrected chi connectivity index (χ2v) is 10.6. The Labute approximate surface area is 182 Å². The first-order valence-electron chi connectivity index (χ1n) is 10.3. The molecule has 1 aliphatic rings. The molecule has 0 spiro atoms. The number of aryl methyl sites for hydroxylation is 3. The molecular weight excluding hydrogens is 414 g/mol. The number of hydrogen-bond acceptors (Lipinski definition) is 5. The minimum atomic E-state index is -3.16. The van der Waals surface area contributed by atoms with Gasteiger partial charge in [-0.2, -0.15) is 0 Å². The molecule has 0 unspecified atom stereocenters. The Balaban J connectivity index is 1.75. The summed E-state index contributed by atoms with van der Waals surface area (Å²) in [5.74, 6) is 0.744. The van der Waals surface area contributed by atoms with E-state index in [4.69, 9.17) is 9.15 Å². The van der Waals surface area contributed by atoms with Crippen LogP contribution in [-0.4, -0.2) is 43.9 Å². The molecule has 2 aromatic carbocycles. The van der Waals surface area contributed by atoms with Gasteiger partial charge in [-0.1, -0.05) is 12.1 Å². The zero-order valence-corrected chi connectivity index (χ0v) is 19.1. The molecule has 6 nitrogen and oxygen atoms in total. The van der Waals surface area contributed by atoms with Crippen molar-refractivity contribution in [3.8, 4) is 5.75 Å². The van der Waals surface area contributed by atoms with Gasteiger partial charge in [0, 0.05) is 23.5 Å². The lowest BCUT2D eigenvalue weighted by molar-refractivity contribution is 0.0649. The van der Waals surface area contributed by atoms with Crippen molar-refractivity contribution < 1.29 is 22.4 Å². The van der Waals surface area contributed by atoms with Gasteiger partial charge in [0.2, 0.25) is 0 Å². The van der Waals surface area contributed by atoms with Gasteiger partial charge in [0.05, 0.1) is 18.6 Å². The van der Waals surface area contributed by atoms with E-state index in [0.29, 0.717) is 17.8 Å². The molecule has 0 N–H and O–H groups in total. The van der Waals surface area contributed by atoms with E-state index in [1.807, 2.05) is 57.2 Å². The SMILES string of the molecule is COc1cccc(CN(C(=O)c2oc3cc(C)c(C)cc3c2C)[C@H]2CCS(=O)(=O)C2)c1. The second kappa shape index (κ2) is 8.04. The molecule has 0 radical (unpaired) electrons. The molecule has 1 amide bonds. The highest BCUT2D eigenvalue weighted by Crippen LogP contribution is 2.31. The van der Waals surface area contributed by atoms with Gasteiger partial charge in [0.15, 0.2) is 15.6 Å². The number of rotatable bonds is 5. The van der Waals surface area contributed by atoms with Gasteiger partial charge in [-0.15, -0.1) is 0 Å². The largest absolute Gasteiger partial charge is 0.497 e. The van der Waals surface area contributed by atoms with Gasteiger partial charge in [0.1, 0.15) is 11.3 Å². The number of carbonyl (C=O) groups is 1. The molecule has 7 heteroatoms. The van der Waals surface area contributed by atoms with E-state index in [1.54, 1.807) is 12.0 Å². The molecule has 2 heterocycles. The maximum absolute atomic E-state index is 13.7. The smallest absolute Gasteiger partial charge is 0.290 e. The van der Waals surface area contributed by atoms with Crippen molar-refractivity contribution in [2.24, 2.45) is 0 Å². The van der Waals surface area contributed by atoms with E-state index in [0.717, 1.165) is 27.6 Å². The van der Waals surface area contributed by atoms with Crippen LogP contribution in [0.5, 0.6) is 5.75 Å². The zero-order valence-electron chi connectivity index (χ0n) is 18.3. The standard InChI is InChI=1S/C24H27NO5S/c1-15-10-21-17(3)23(30-22(21)11-16(15)2)24(26)25(19-8-9-31(27,28)14-19)13-18-6-5-7-20(12-18)29-4/h5-7,10-12,19H,8-9,13-14H2,1-4H3/t19-/m0/s1. The van der Waals surface area contributed by atoms with E-state index in [9.17, 15) is 13.2 Å². The Morgan fingerprint density at radius 3 is 2.58 bits per heavy atom. The lowest BCUT2D eigenvalue weighted by Crippen LogP contribution is -2.40. The topological polar surface area (TPSA) is 76.8 Å². The van der Waals surface area contributed by atoms with Gasteiger partial charge in [-0.3, -0.25) is 4.79 Å². The minimum Gasteiger partial charge on any atom is -0.497 e. The lowest BCUT2D eigenvalue weighted by Gasteiger charge is -2.28. The first-order chi connectivity index (χ1) is 14.7. The summed E-state index contributed by atoms with van der Waals surface area (Å²) in [6.45, 7) is 6.20. The highest BCUT2D eigenvalue weighted by atomic mass is 32.2. The molecule has 0 aliphatic carbocycles. The fraction of sp³-hybridized carbons (Fsp3) is 0.375. The third kappa shape index (κ3) is 4.19. The average Bonchev–Trinajstić information content (AvgIpc) is 3.25. The number of carbonyl (C=O) groups excluding carboxylic acids is 1. The quantitative estimate of drug-likeness (QED) is 0.593. The number of hydrogen-bond donors (Lipinski definition) is 0. The Bertz CT molecular complexity index is 1260. The summed E-state index contributed by atoms with van der Waals surface area (Å²) in [6.07, 6.45) is 0.426. The van der Waals surface area contributed by atoms with Crippen molar-refractivity contribution in [2.75, 3.05) is 18.6 Å². The van der Waals surface area contributed by atoms with Crippen LogP contribution >= 0.6 is 0 Å². The van der Waals surface area contributed by atoms with Crippen LogP contribution in [0.3, 0.4) is 0 Å². The van der Waals surface area contributed by atoms with Crippen LogP contribution in [0, 0.1) is 20.8 Å². The molecule has 3 aromatic rings. The van der Waals surface area contributed by atoms with Crippen molar-refractivity contribution in [1.82, 2.24) is 4.90 Å². The van der Waals surface area contributed by atoms with Crippen molar-refractivity contribution in [1.29, 1.82) is 0 Å². The predicted molar refractivity (Wildman–Crippen MR) is 120 cm³/mol. The molecule has 4 rings (SSSR count). The van der Waals surface area contributed by atoms with E-state index in [1.165, 1.54) is 0 Å².